The lowest BCUT2D eigenvalue weighted by Gasteiger charge is -2.02. The average Bonchev–Trinajstić information content (AvgIpc) is 2.31. The first kappa shape index (κ1) is 13.6. The van der Waals surface area contributed by atoms with Crippen molar-refractivity contribution < 1.29 is 23.1 Å². The molecule has 0 N–H and O–H groups in total. The number of ether oxygens (including phenoxy) is 1. The zero-order valence-electron chi connectivity index (χ0n) is 9.04. The van der Waals surface area contributed by atoms with Crippen LogP contribution in [0.15, 0.2) is 18.2 Å². The van der Waals surface area contributed by atoms with E-state index in [4.69, 9.17) is 0 Å². The maximum atomic E-state index is 13.2. The van der Waals surface area contributed by atoms with Crippen LogP contribution in [0, 0.1) is 11.6 Å². The van der Waals surface area contributed by atoms with Crippen LogP contribution in [0.25, 0.3) is 0 Å². The first-order chi connectivity index (χ1) is 8.04. The maximum Gasteiger partial charge on any atom is 0.315 e. The minimum Gasteiger partial charge on any atom is -0.468 e. The number of methoxy groups -OCH3 is 1. The van der Waals surface area contributed by atoms with Crippen LogP contribution >= 0.6 is 11.8 Å². The van der Waals surface area contributed by atoms with Crippen molar-refractivity contribution in [1.29, 1.82) is 0 Å². The summed E-state index contributed by atoms with van der Waals surface area (Å²) in [5.41, 5.74) is -0.303. The Morgan fingerprint density at radius 3 is 2.65 bits per heavy atom. The lowest BCUT2D eigenvalue weighted by molar-refractivity contribution is -0.137. The molecule has 0 aromatic heterocycles. The summed E-state index contributed by atoms with van der Waals surface area (Å²) in [7, 11) is 1.23. The highest BCUT2D eigenvalue weighted by atomic mass is 32.2. The van der Waals surface area contributed by atoms with Crippen molar-refractivity contribution in [2.24, 2.45) is 0 Å². The summed E-state index contributed by atoms with van der Waals surface area (Å²) in [5, 5.41) is 0. The highest BCUT2D eigenvalue weighted by Gasteiger charge is 2.13. The number of Topliss-reactive ketones (excluding diaryl/α,β-unsaturated/α-hetero) is 1. The second kappa shape index (κ2) is 6.34. The molecule has 3 nitrogen and oxygen atoms in total. The second-order valence-corrected chi connectivity index (χ2v) is 4.10. The van der Waals surface area contributed by atoms with Crippen molar-refractivity contribution in [2.75, 3.05) is 18.6 Å². The monoisotopic (exact) mass is 260 g/mol. The lowest BCUT2D eigenvalue weighted by Crippen LogP contribution is -2.09. The Bertz CT molecular complexity index is 435. The number of carbonyl (C=O) groups excluding carboxylic acids is 2. The number of rotatable bonds is 5. The Hall–Kier alpha value is -1.43. The molecule has 0 saturated carbocycles. The van der Waals surface area contributed by atoms with Crippen LogP contribution in [0.2, 0.25) is 0 Å². The molecule has 1 aromatic rings. The molecule has 1 aromatic carbocycles. The molecule has 92 valence electrons. The topological polar surface area (TPSA) is 43.4 Å². The van der Waals surface area contributed by atoms with E-state index in [0.29, 0.717) is 0 Å². The molecular weight excluding hydrogens is 250 g/mol. The largest absolute Gasteiger partial charge is 0.468 e. The number of hydrogen-bond donors (Lipinski definition) is 0. The van der Waals surface area contributed by atoms with Gasteiger partial charge in [-0.1, -0.05) is 0 Å². The van der Waals surface area contributed by atoms with Gasteiger partial charge in [0.2, 0.25) is 0 Å². The van der Waals surface area contributed by atoms with Crippen molar-refractivity contribution in [2.45, 2.75) is 0 Å². The number of benzene rings is 1. The molecule has 0 amide bonds. The number of esters is 1. The van der Waals surface area contributed by atoms with Crippen LogP contribution < -0.4 is 0 Å². The van der Waals surface area contributed by atoms with E-state index < -0.39 is 23.4 Å². The molecule has 0 aliphatic rings. The zero-order valence-corrected chi connectivity index (χ0v) is 9.85. The summed E-state index contributed by atoms with van der Waals surface area (Å²) >= 11 is 0.990. The molecule has 0 heterocycles. The minimum absolute atomic E-state index is 0.000819. The van der Waals surface area contributed by atoms with Crippen molar-refractivity contribution in [1.82, 2.24) is 0 Å². The summed E-state index contributed by atoms with van der Waals surface area (Å²) in [6.07, 6.45) is 0. The molecule has 0 saturated heterocycles. The molecule has 0 fully saturated rings. The average molecular weight is 260 g/mol. The van der Waals surface area contributed by atoms with E-state index in [1.165, 1.54) is 7.11 Å². The Morgan fingerprint density at radius 1 is 1.29 bits per heavy atom. The Morgan fingerprint density at radius 2 is 2.00 bits per heavy atom. The third kappa shape index (κ3) is 4.14. The van der Waals surface area contributed by atoms with Gasteiger partial charge in [-0.25, -0.2) is 8.78 Å². The van der Waals surface area contributed by atoms with Crippen LogP contribution in [-0.2, 0) is 9.53 Å². The molecule has 1 rings (SSSR count). The van der Waals surface area contributed by atoms with Crippen molar-refractivity contribution >= 4 is 23.5 Å². The van der Waals surface area contributed by atoms with E-state index in [9.17, 15) is 18.4 Å². The van der Waals surface area contributed by atoms with E-state index in [0.717, 1.165) is 30.0 Å². The van der Waals surface area contributed by atoms with E-state index in [2.05, 4.69) is 4.74 Å². The molecule has 0 spiro atoms. The maximum absolute atomic E-state index is 13.2. The number of carbonyl (C=O) groups is 2. The number of thioether (sulfide) groups is 1. The van der Waals surface area contributed by atoms with Gasteiger partial charge in [-0.3, -0.25) is 9.59 Å². The van der Waals surface area contributed by atoms with Gasteiger partial charge in [0, 0.05) is 0 Å². The predicted molar refractivity (Wildman–Crippen MR) is 60.0 cm³/mol. The summed E-state index contributed by atoms with van der Waals surface area (Å²) in [6.45, 7) is 0. The van der Waals surface area contributed by atoms with Crippen LogP contribution in [0.5, 0.6) is 0 Å². The van der Waals surface area contributed by atoms with Gasteiger partial charge in [0.15, 0.2) is 5.78 Å². The van der Waals surface area contributed by atoms with E-state index in [1.807, 2.05) is 0 Å². The summed E-state index contributed by atoms with van der Waals surface area (Å²) in [5.74, 6) is -2.57. The van der Waals surface area contributed by atoms with Gasteiger partial charge in [0.25, 0.3) is 0 Å². The van der Waals surface area contributed by atoms with Gasteiger partial charge >= 0.3 is 5.97 Å². The summed E-state index contributed by atoms with van der Waals surface area (Å²) in [6, 6.07) is 2.68. The van der Waals surface area contributed by atoms with Gasteiger partial charge in [-0.2, -0.15) is 0 Å². The molecule has 17 heavy (non-hydrogen) atoms. The van der Waals surface area contributed by atoms with E-state index in [-0.39, 0.29) is 17.1 Å². The zero-order chi connectivity index (χ0) is 12.8. The van der Waals surface area contributed by atoms with E-state index >= 15 is 0 Å². The molecule has 0 radical (unpaired) electrons. The molecule has 0 unspecified atom stereocenters. The lowest BCUT2D eigenvalue weighted by atomic mass is 10.1. The third-order valence-electron chi connectivity index (χ3n) is 1.91. The minimum atomic E-state index is -0.768. The molecule has 0 aliphatic carbocycles. The number of halogens is 2. The highest BCUT2D eigenvalue weighted by molar-refractivity contribution is 8.00. The standard InChI is InChI=1S/C11H10F2O3S/c1-16-11(15)6-17-5-10(14)8-4-7(12)2-3-9(8)13/h2-4H,5-6H2,1H3. The highest BCUT2D eigenvalue weighted by Crippen LogP contribution is 2.13. The van der Waals surface area contributed by atoms with Crippen LogP contribution in [0.3, 0.4) is 0 Å². The molecule has 6 heteroatoms. The Labute approximate surface area is 101 Å². The smallest absolute Gasteiger partial charge is 0.315 e. The Balaban J connectivity index is 2.58. The SMILES string of the molecule is COC(=O)CSCC(=O)c1cc(F)ccc1F. The van der Waals surface area contributed by atoms with Crippen molar-refractivity contribution in [3.05, 3.63) is 35.4 Å². The fourth-order valence-electron chi connectivity index (χ4n) is 1.07. The van der Waals surface area contributed by atoms with Crippen LogP contribution in [-0.4, -0.2) is 30.4 Å². The molecule has 0 atom stereocenters. The Kier molecular flexibility index (Phi) is 5.09. The fourth-order valence-corrected chi connectivity index (χ4v) is 1.80. The first-order valence-electron chi connectivity index (χ1n) is 4.67. The van der Waals surface area contributed by atoms with Gasteiger partial charge in [0.1, 0.15) is 11.6 Å². The normalized spacial score (nSPS) is 10.1. The number of ketones is 1. The van der Waals surface area contributed by atoms with E-state index in [1.54, 1.807) is 0 Å². The van der Waals surface area contributed by atoms with Gasteiger partial charge in [-0.15, -0.1) is 11.8 Å². The fraction of sp³-hybridized carbons (Fsp3) is 0.273. The van der Waals surface area contributed by atoms with Gasteiger partial charge < -0.3 is 4.74 Å². The van der Waals surface area contributed by atoms with Gasteiger partial charge in [-0.05, 0) is 18.2 Å². The summed E-state index contributed by atoms with van der Waals surface area (Å²) in [4.78, 5) is 22.3. The quantitative estimate of drug-likeness (QED) is 0.600. The second-order valence-electron chi connectivity index (χ2n) is 3.12. The predicted octanol–water partition coefficient (Wildman–Crippen LogP) is 2.05. The van der Waals surface area contributed by atoms with Crippen LogP contribution in [0.4, 0.5) is 8.78 Å². The number of hydrogen-bond acceptors (Lipinski definition) is 4. The third-order valence-corrected chi connectivity index (χ3v) is 2.82. The molecule has 0 bridgehead atoms. The molecule has 0 aliphatic heterocycles. The van der Waals surface area contributed by atoms with Crippen molar-refractivity contribution in [3.8, 4) is 0 Å². The summed E-state index contributed by atoms with van der Waals surface area (Å²) < 4.78 is 30.4. The van der Waals surface area contributed by atoms with Crippen molar-refractivity contribution in [3.63, 3.8) is 0 Å². The van der Waals surface area contributed by atoms with Crippen LogP contribution in [0.1, 0.15) is 10.4 Å². The first-order valence-corrected chi connectivity index (χ1v) is 5.83. The molecular formula is C11H10F2O3S. The van der Waals surface area contributed by atoms with Gasteiger partial charge in [0.05, 0.1) is 24.2 Å².